The van der Waals surface area contributed by atoms with E-state index in [9.17, 15) is 9.65 Å². The van der Waals surface area contributed by atoms with Gasteiger partial charge in [-0.05, 0) is 57.5 Å². The Bertz CT molecular complexity index is 605. The lowest BCUT2D eigenvalue weighted by molar-refractivity contribution is -0.377. The Kier molecular flexibility index (Phi) is 5.34. The van der Waals surface area contributed by atoms with E-state index in [0.717, 1.165) is 25.9 Å². The third kappa shape index (κ3) is 3.69. The predicted octanol–water partition coefficient (Wildman–Crippen LogP) is 2.85. The molecule has 1 aromatic rings. The first-order valence-electron chi connectivity index (χ1n) is 8.49. The van der Waals surface area contributed by atoms with Gasteiger partial charge in [0.15, 0.2) is 12.6 Å². The molecule has 0 amide bonds. The van der Waals surface area contributed by atoms with Crippen molar-refractivity contribution in [1.29, 1.82) is 5.26 Å². The van der Waals surface area contributed by atoms with Gasteiger partial charge in [-0.25, -0.2) is 4.39 Å². The Hall–Kier alpha value is -1.68. The van der Waals surface area contributed by atoms with Crippen LogP contribution in [0.4, 0.5) is 4.39 Å². The number of nitrogens with one attached hydrogen (secondary N) is 1. The first kappa shape index (κ1) is 17.2. The molecule has 0 bridgehead atoms. The zero-order chi connectivity index (χ0) is 17.0. The van der Waals surface area contributed by atoms with Gasteiger partial charge >= 0.3 is 0 Å². The summed E-state index contributed by atoms with van der Waals surface area (Å²) in [7, 11) is 0. The van der Waals surface area contributed by atoms with Gasteiger partial charge in [0.2, 0.25) is 0 Å². The van der Waals surface area contributed by atoms with Gasteiger partial charge < -0.3 is 19.5 Å². The minimum atomic E-state index is -0.682. The number of halogens is 1. The summed E-state index contributed by atoms with van der Waals surface area (Å²) < 4.78 is 30.4. The molecule has 2 aliphatic rings. The quantitative estimate of drug-likeness (QED) is 0.811. The third-order valence-corrected chi connectivity index (χ3v) is 4.66. The molecule has 2 fully saturated rings. The zero-order valence-corrected chi connectivity index (χ0v) is 13.9. The average Bonchev–Trinajstić information content (AvgIpc) is 2.58. The van der Waals surface area contributed by atoms with E-state index in [1.807, 2.05) is 6.92 Å². The fraction of sp³-hybridized carbons (Fsp3) is 0.611. The van der Waals surface area contributed by atoms with Gasteiger partial charge in [-0.2, -0.15) is 5.26 Å². The molecule has 6 heteroatoms. The van der Waals surface area contributed by atoms with Crippen molar-refractivity contribution >= 4 is 0 Å². The summed E-state index contributed by atoms with van der Waals surface area (Å²) in [5.74, 6) is 0.263. The summed E-state index contributed by atoms with van der Waals surface area (Å²) in [5, 5.41) is 13.0. The van der Waals surface area contributed by atoms with Crippen LogP contribution in [0.25, 0.3) is 0 Å². The molecule has 24 heavy (non-hydrogen) atoms. The first-order chi connectivity index (χ1) is 11.6. The Morgan fingerprint density at radius 2 is 2.12 bits per heavy atom. The summed E-state index contributed by atoms with van der Waals surface area (Å²) >= 11 is 0. The molecular formula is C18H23FN2O3. The van der Waals surface area contributed by atoms with Crippen LogP contribution in [0, 0.1) is 17.1 Å². The molecule has 0 spiro atoms. The first-order valence-corrected chi connectivity index (χ1v) is 8.49. The largest absolute Gasteiger partial charge is 0.493 e. The number of hydrogen-bond acceptors (Lipinski definition) is 5. The smallest absolute Gasteiger partial charge is 0.163 e. The van der Waals surface area contributed by atoms with Crippen molar-refractivity contribution in [3.05, 3.63) is 29.6 Å². The number of benzene rings is 1. The van der Waals surface area contributed by atoms with E-state index in [1.165, 1.54) is 12.1 Å². The molecule has 0 radical (unpaired) electrons. The molecule has 2 saturated heterocycles. The second kappa shape index (κ2) is 7.47. The van der Waals surface area contributed by atoms with E-state index in [0.29, 0.717) is 30.8 Å². The van der Waals surface area contributed by atoms with E-state index in [-0.39, 0.29) is 18.4 Å². The highest BCUT2D eigenvalue weighted by Crippen LogP contribution is 2.39. The van der Waals surface area contributed by atoms with E-state index >= 15 is 0 Å². The minimum absolute atomic E-state index is 0.116. The van der Waals surface area contributed by atoms with E-state index in [4.69, 9.17) is 14.2 Å². The van der Waals surface area contributed by atoms with Gasteiger partial charge in [0.05, 0.1) is 18.1 Å². The lowest BCUT2D eigenvalue weighted by Crippen LogP contribution is -2.39. The Morgan fingerprint density at radius 3 is 2.79 bits per heavy atom. The second-order valence-electron chi connectivity index (χ2n) is 6.34. The Morgan fingerprint density at radius 1 is 1.38 bits per heavy atom. The summed E-state index contributed by atoms with van der Waals surface area (Å²) in [6, 6.07) is 6.86. The molecule has 5 nitrogen and oxygen atoms in total. The fourth-order valence-corrected chi connectivity index (χ4v) is 3.30. The van der Waals surface area contributed by atoms with Crippen molar-refractivity contribution < 1.29 is 18.6 Å². The van der Waals surface area contributed by atoms with Gasteiger partial charge in [-0.1, -0.05) is 0 Å². The molecule has 1 aromatic carbocycles. The van der Waals surface area contributed by atoms with Gasteiger partial charge in [-0.3, -0.25) is 0 Å². The maximum Gasteiger partial charge on any atom is 0.163 e. The van der Waals surface area contributed by atoms with Gasteiger partial charge in [0.25, 0.3) is 0 Å². The number of nitrogens with zero attached hydrogens (tertiary/aromatic N) is 1. The maximum absolute atomic E-state index is 13.8. The number of piperidine rings is 1. The van der Waals surface area contributed by atoms with Crippen molar-refractivity contribution in [3.63, 3.8) is 0 Å². The van der Waals surface area contributed by atoms with Crippen LogP contribution in [0.3, 0.4) is 0 Å². The molecular weight excluding hydrogens is 311 g/mol. The van der Waals surface area contributed by atoms with Crippen LogP contribution in [-0.2, 0) is 14.9 Å². The molecule has 130 valence electrons. The highest BCUT2D eigenvalue weighted by Gasteiger charge is 2.37. The molecule has 0 saturated carbocycles. The van der Waals surface area contributed by atoms with Crippen molar-refractivity contribution in [2.45, 2.75) is 50.6 Å². The topological polar surface area (TPSA) is 63.5 Å². The second-order valence-corrected chi connectivity index (χ2v) is 6.34. The molecule has 0 unspecified atom stereocenters. The molecule has 0 atom stereocenters. The summed E-state index contributed by atoms with van der Waals surface area (Å²) in [6.45, 7) is 3.84. The summed E-state index contributed by atoms with van der Waals surface area (Å²) in [4.78, 5) is 0. The number of ether oxygens (including phenoxy) is 3. The number of hydrogen-bond donors (Lipinski definition) is 1. The van der Waals surface area contributed by atoms with Gasteiger partial charge in [0, 0.05) is 12.0 Å². The van der Waals surface area contributed by atoms with E-state index < -0.39 is 5.41 Å². The van der Waals surface area contributed by atoms with Crippen molar-refractivity contribution in [3.8, 4) is 11.8 Å². The molecule has 2 aliphatic heterocycles. The van der Waals surface area contributed by atoms with Gasteiger partial charge in [-0.15, -0.1) is 0 Å². The Balaban J connectivity index is 1.65. The van der Waals surface area contributed by atoms with Crippen LogP contribution in [-0.4, -0.2) is 32.3 Å². The highest BCUT2D eigenvalue weighted by atomic mass is 19.1. The monoisotopic (exact) mass is 334 g/mol. The van der Waals surface area contributed by atoms with Crippen molar-refractivity contribution in [1.82, 2.24) is 5.32 Å². The van der Waals surface area contributed by atoms with Crippen molar-refractivity contribution in [2.24, 2.45) is 0 Å². The summed E-state index contributed by atoms with van der Waals surface area (Å²) in [5.41, 5.74) is -0.0190. The molecule has 0 aliphatic carbocycles. The lowest BCUT2D eigenvalue weighted by atomic mass is 9.74. The Labute approximate surface area is 141 Å². The predicted molar refractivity (Wildman–Crippen MR) is 85.9 cm³/mol. The normalized spacial score (nSPS) is 25.5. The molecule has 0 aromatic heterocycles. The fourth-order valence-electron chi connectivity index (χ4n) is 3.30. The van der Waals surface area contributed by atoms with Crippen LogP contribution < -0.4 is 10.1 Å². The maximum atomic E-state index is 13.8. The van der Waals surface area contributed by atoms with E-state index in [1.54, 1.807) is 6.07 Å². The van der Waals surface area contributed by atoms with Crippen LogP contribution in [0.15, 0.2) is 18.2 Å². The minimum Gasteiger partial charge on any atom is -0.493 e. The zero-order valence-electron chi connectivity index (χ0n) is 13.9. The van der Waals surface area contributed by atoms with Crippen LogP contribution in [0.5, 0.6) is 5.75 Å². The lowest BCUT2D eigenvalue weighted by Gasteiger charge is -2.34. The standard InChI is InChI=1S/C18H23FN2O3/c1-13-23-17(24-13)3-2-10-22-16-5-4-14(19)11-15(16)18(12-20)6-8-21-9-7-18/h4-5,11,13,17,21H,2-3,6-10H2,1H3. The van der Waals surface area contributed by atoms with Crippen molar-refractivity contribution in [2.75, 3.05) is 19.7 Å². The molecule has 2 heterocycles. The summed E-state index contributed by atoms with van der Waals surface area (Å²) in [6.07, 6.45) is 2.58. The third-order valence-electron chi connectivity index (χ3n) is 4.66. The molecule has 3 rings (SSSR count). The van der Waals surface area contributed by atoms with Crippen LogP contribution in [0.1, 0.15) is 38.2 Å². The van der Waals surface area contributed by atoms with E-state index in [2.05, 4.69) is 11.4 Å². The number of nitriles is 1. The SMILES string of the molecule is CC1OC(CCCOc2ccc(F)cc2C2(C#N)CCNCC2)O1. The van der Waals surface area contributed by atoms with Gasteiger partial charge in [0.1, 0.15) is 11.6 Å². The average molecular weight is 334 g/mol. The van der Waals surface area contributed by atoms with Crippen LogP contribution in [0.2, 0.25) is 0 Å². The molecule has 1 N–H and O–H groups in total. The number of rotatable bonds is 6. The highest BCUT2D eigenvalue weighted by molar-refractivity contribution is 5.44. The van der Waals surface area contributed by atoms with Crippen LogP contribution >= 0.6 is 0 Å².